The number of nitrogens with one attached hydrogen (secondary N) is 2. The average molecular weight is 247 g/mol. The number of hydrazine groups is 1. The summed E-state index contributed by atoms with van der Waals surface area (Å²) in [4.78, 5) is 7.55. The van der Waals surface area contributed by atoms with E-state index < -0.39 is 5.82 Å². The highest BCUT2D eigenvalue weighted by Gasteiger charge is 2.05. The van der Waals surface area contributed by atoms with Crippen molar-refractivity contribution in [3.63, 3.8) is 0 Å². The molecule has 0 atom stereocenters. The fourth-order valence-corrected chi connectivity index (χ4v) is 1.45. The van der Waals surface area contributed by atoms with Gasteiger partial charge in [-0.05, 0) is 12.5 Å². The molecule has 94 valence electrons. The van der Waals surface area contributed by atoms with Crippen molar-refractivity contribution in [3.05, 3.63) is 47.4 Å². The summed E-state index contributed by atoms with van der Waals surface area (Å²) in [6.45, 7) is 2.50. The summed E-state index contributed by atoms with van der Waals surface area (Å²) in [5.74, 6) is 4.95. The Balaban J connectivity index is 2.07. The van der Waals surface area contributed by atoms with E-state index in [9.17, 15) is 4.39 Å². The lowest BCUT2D eigenvalue weighted by Crippen LogP contribution is -2.13. The number of hydrogen-bond donors (Lipinski definition) is 3. The first-order valence-corrected chi connectivity index (χ1v) is 5.47. The minimum atomic E-state index is -0.513. The van der Waals surface area contributed by atoms with Crippen LogP contribution in [0, 0.1) is 12.7 Å². The zero-order chi connectivity index (χ0) is 13.0. The van der Waals surface area contributed by atoms with Crippen molar-refractivity contribution in [2.75, 3.05) is 10.7 Å². The number of nitrogen functional groups attached to an aromatic ring is 1. The second-order valence-electron chi connectivity index (χ2n) is 3.87. The second-order valence-corrected chi connectivity index (χ2v) is 3.87. The molecule has 0 bridgehead atoms. The predicted octanol–water partition coefficient (Wildman–Crippen LogP) is 1.82. The van der Waals surface area contributed by atoms with Gasteiger partial charge in [-0.25, -0.2) is 15.2 Å². The van der Waals surface area contributed by atoms with Crippen LogP contribution in [-0.2, 0) is 6.54 Å². The summed E-state index contributed by atoms with van der Waals surface area (Å²) < 4.78 is 13.4. The van der Waals surface area contributed by atoms with E-state index >= 15 is 0 Å². The SMILES string of the molecule is Cc1ccc(CNc2nc(NN)ncc2F)cc1. The Morgan fingerprint density at radius 3 is 2.67 bits per heavy atom. The van der Waals surface area contributed by atoms with Gasteiger partial charge in [-0.1, -0.05) is 29.8 Å². The van der Waals surface area contributed by atoms with E-state index in [4.69, 9.17) is 5.84 Å². The highest BCUT2D eigenvalue weighted by atomic mass is 19.1. The molecule has 18 heavy (non-hydrogen) atoms. The Morgan fingerprint density at radius 2 is 2.00 bits per heavy atom. The van der Waals surface area contributed by atoms with E-state index in [0.29, 0.717) is 6.54 Å². The van der Waals surface area contributed by atoms with Crippen molar-refractivity contribution in [1.29, 1.82) is 0 Å². The van der Waals surface area contributed by atoms with Crippen molar-refractivity contribution in [3.8, 4) is 0 Å². The molecule has 1 aromatic carbocycles. The van der Waals surface area contributed by atoms with Crippen LogP contribution >= 0.6 is 0 Å². The lowest BCUT2D eigenvalue weighted by Gasteiger charge is -2.08. The second kappa shape index (κ2) is 5.42. The third kappa shape index (κ3) is 2.92. The zero-order valence-corrected chi connectivity index (χ0v) is 9.94. The molecule has 1 heterocycles. The summed E-state index contributed by atoms with van der Waals surface area (Å²) in [6.07, 6.45) is 1.07. The van der Waals surface area contributed by atoms with Crippen molar-refractivity contribution >= 4 is 11.8 Å². The van der Waals surface area contributed by atoms with E-state index in [1.165, 1.54) is 5.56 Å². The number of nitrogens with two attached hydrogens (primary N) is 1. The minimum absolute atomic E-state index is 0.124. The maximum atomic E-state index is 13.4. The molecule has 0 aliphatic rings. The molecule has 0 amide bonds. The molecule has 0 fully saturated rings. The van der Waals surface area contributed by atoms with Gasteiger partial charge in [0.1, 0.15) is 0 Å². The van der Waals surface area contributed by atoms with Gasteiger partial charge in [0.15, 0.2) is 11.6 Å². The highest BCUT2D eigenvalue weighted by Crippen LogP contribution is 2.13. The Kier molecular flexibility index (Phi) is 3.69. The van der Waals surface area contributed by atoms with Crippen LogP contribution in [0.25, 0.3) is 0 Å². The van der Waals surface area contributed by atoms with Gasteiger partial charge in [0, 0.05) is 6.54 Å². The van der Waals surface area contributed by atoms with Gasteiger partial charge in [-0.2, -0.15) is 4.98 Å². The van der Waals surface area contributed by atoms with Gasteiger partial charge in [0.2, 0.25) is 5.95 Å². The maximum absolute atomic E-state index is 13.4. The molecular weight excluding hydrogens is 233 g/mol. The fraction of sp³-hybridized carbons (Fsp3) is 0.167. The summed E-state index contributed by atoms with van der Waals surface area (Å²) in [5, 5.41) is 2.90. The number of benzene rings is 1. The first kappa shape index (κ1) is 12.3. The molecule has 0 saturated heterocycles. The predicted molar refractivity (Wildman–Crippen MR) is 68.3 cm³/mol. The lowest BCUT2D eigenvalue weighted by molar-refractivity contribution is 0.617. The topological polar surface area (TPSA) is 75.9 Å². The molecule has 4 N–H and O–H groups in total. The number of hydrogen-bond acceptors (Lipinski definition) is 5. The van der Waals surface area contributed by atoms with Gasteiger partial charge in [0.25, 0.3) is 0 Å². The van der Waals surface area contributed by atoms with E-state index in [-0.39, 0.29) is 11.8 Å². The monoisotopic (exact) mass is 247 g/mol. The Hall–Kier alpha value is -2.21. The van der Waals surface area contributed by atoms with Gasteiger partial charge < -0.3 is 5.32 Å². The number of aryl methyl sites for hydroxylation is 1. The largest absolute Gasteiger partial charge is 0.363 e. The third-order valence-corrected chi connectivity index (χ3v) is 2.45. The van der Waals surface area contributed by atoms with Crippen molar-refractivity contribution in [1.82, 2.24) is 9.97 Å². The lowest BCUT2D eigenvalue weighted by atomic mass is 10.1. The Bertz CT molecular complexity index is 526. The molecule has 1 aromatic heterocycles. The molecule has 0 spiro atoms. The molecule has 0 aliphatic carbocycles. The molecule has 5 nitrogen and oxygen atoms in total. The maximum Gasteiger partial charge on any atom is 0.239 e. The van der Waals surface area contributed by atoms with Crippen molar-refractivity contribution < 1.29 is 4.39 Å². The van der Waals surface area contributed by atoms with Crippen molar-refractivity contribution in [2.45, 2.75) is 13.5 Å². The van der Waals surface area contributed by atoms with E-state index in [0.717, 1.165) is 11.8 Å². The number of anilines is 2. The molecule has 2 rings (SSSR count). The number of halogens is 1. The first-order chi connectivity index (χ1) is 8.69. The molecule has 0 aliphatic heterocycles. The average Bonchev–Trinajstić information content (AvgIpc) is 2.40. The van der Waals surface area contributed by atoms with E-state index in [2.05, 4.69) is 20.7 Å². The summed E-state index contributed by atoms with van der Waals surface area (Å²) in [7, 11) is 0. The smallest absolute Gasteiger partial charge is 0.239 e. The van der Waals surface area contributed by atoms with Crippen molar-refractivity contribution in [2.24, 2.45) is 5.84 Å². The van der Waals surface area contributed by atoms with Crippen LogP contribution in [0.1, 0.15) is 11.1 Å². The summed E-state index contributed by atoms with van der Waals surface area (Å²) in [6, 6.07) is 7.95. The molecule has 0 radical (unpaired) electrons. The summed E-state index contributed by atoms with van der Waals surface area (Å²) in [5.41, 5.74) is 4.50. The molecular formula is C12H14FN5. The number of rotatable bonds is 4. The third-order valence-electron chi connectivity index (χ3n) is 2.45. The zero-order valence-electron chi connectivity index (χ0n) is 9.94. The van der Waals surface area contributed by atoms with Crippen LogP contribution in [0.2, 0.25) is 0 Å². The quantitative estimate of drug-likeness (QED) is 0.567. The van der Waals surface area contributed by atoms with E-state index in [1.807, 2.05) is 31.2 Å². The fourth-order valence-electron chi connectivity index (χ4n) is 1.45. The standard InChI is InChI=1S/C12H14FN5/c1-8-2-4-9(5-3-8)6-15-11-10(13)7-16-12(17-11)18-14/h2-5,7H,6,14H2,1H3,(H2,15,16,17,18). The minimum Gasteiger partial charge on any atom is -0.363 e. The van der Waals surface area contributed by atoms with Crippen LogP contribution in [-0.4, -0.2) is 9.97 Å². The highest BCUT2D eigenvalue weighted by molar-refractivity contribution is 5.41. The van der Waals surface area contributed by atoms with Crippen LogP contribution in [0.15, 0.2) is 30.5 Å². The van der Waals surface area contributed by atoms with E-state index in [1.54, 1.807) is 0 Å². The van der Waals surface area contributed by atoms with Crippen LogP contribution in [0.5, 0.6) is 0 Å². The number of nitrogens with zero attached hydrogens (tertiary/aromatic N) is 2. The first-order valence-electron chi connectivity index (χ1n) is 5.47. The molecule has 0 saturated carbocycles. The molecule has 2 aromatic rings. The molecule has 0 unspecified atom stereocenters. The molecule has 6 heteroatoms. The van der Waals surface area contributed by atoms with Gasteiger partial charge in [-0.15, -0.1) is 0 Å². The Morgan fingerprint density at radius 1 is 1.28 bits per heavy atom. The van der Waals surface area contributed by atoms with Crippen LogP contribution < -0.4 is 16.6 Å². The summed E-state index contributed by atoms with van der Waals surface area (Å²) >= 11 is 0. The normalized spacial score (nSPS) is 10.2. The van der Waals surface area contributed by atoms with Gasteiger partial charge in [-0.3, -0.25) is 5.43 Å². The van der Waals surface area contributed by atoms with Crippen LogP contribution in [0.3, 0.4) is 0 Å². The van der Waals surface area contributed by atoms with Gasteiger partial charge in [0.05, 0.1) is 6.20 Å². The Labute approximate surface area is 104 Å². The van der Waals surface area contributed by atoms with Gasteiger partial charge >= 0.3 is 0 Å². The number of aromatic nitrogens is 2. The van der Waals surface area contributed by atoms with Crippen LogP contribution in [0.4, 0.5) is 16.2 Å².